The summed E-state index contributed by atoms with van der Waals surface area (Å²) in [6.45, 7) is 10.6. The molecule has 4 saturated carbocycles. The lowest BCUT2D eigenvalue weighted by atomic mass is 9.44. The van der Waals surface area contributed by atoms with Gasteiger partial charge in [0, 0.05) is 12.1 Å². The smallest absolute Gasteiger partial charge is 0.0698 e. The predicted octanol–water partition coefficient (Wildman–Crippen LogP) is 3.94. The average molecular weight is 433 g/mol. The van der Waals surface area contributed by atoms with Crippen molar-refractivity contribution in [1.29, 1.82) is 0 Å². The summed E-state index contributed by atoms with van der Waals surface area (Å²) < 4.78 is 0. The topological polar surface area (TPSA) is 78.5 Å². The van der Waals surface area contributed by atoms with E-state index in [1.54, 1.807) is 0 Å². The summed E-state index contributed by atoms with van der Waals surface area (Å²) in [7, 11) is 0. The lowest BCUT2D eigenvalue weighted by molar-refractivity contribution is -0.120. The maximum absolute atomic E-state index is 11.4. The molecular weight excluding hydrogens is 384 g/mol. The summed E-state index contributed by atoms with van der Waals surface area (Å²) in [5.41, 5.74) is 7.05. The second kappa shape index (κ2) is 7.96. The molecule has 5 aliphatic rings. The van der Waals surface area contributed by atoms with Crippen LogP contribution in [0.15, 0.2) is 0 Å². The third-order valence-corrected chi connectivity index (χ3v) is 11.7. The first-order chi connectivity index (χ1) is 14.6. The summed E-state index contributed by atoms with van der Waals surface area (Å²) in [5, 5.41) is 25.9. The standard InChI is InChI=1S/C27H48N2O2/c1-15-11-23(31)25(29-14-15)16(2)24-22(30)13-21-19-6-5-17-12-18(28)7-9-26(17,3)20(19)8-10-27(21,24)4/h15-25,29-31H,5-14,28H2,1-4H3/t15-,16+,17+,18+,19?,20+,21+,22-,23+,24+,25?,26+,27+/m1/s1. The van der Waals surface area contributed by atoms with Gasteiger partial charge in [0.05, 0.1) is 12.2 Å². The van der Waals surface area contributed by atoms with Crippen LogP contribution in [0.5, 0.6) is 0 Å². The SMILES string of the molecule is C[C@H]1CNC([C@@H](C)[C@H]2[C@H](O)C[C@H]3C4CC[C@H]5C[C@@H](N)CC[C@]5(C)[C@H]4CC[C@]23C)[C@@H](O)C1. The van der Waals surface area contributed by atoms with E-state index in [2.05, 4.69) is 33.0 Å². The number of fused-ring (bicyclic) bond motifs is 5. The molecule has 5 fully saturated rings. The normalized spacial score (nSPS) is 58.2. The fraction of sp³-hybridized carbons (Fsp3) is 1.00. The molecule has 31 heavy (non-hydrogen) atoms. The van der Waals surface area contributed by atoms with Crippen LogP contribution in [0, 0.1) is 52.3 Å². The first-order valence-electron chi connectivity index (χ1n) is 13.5. The largest absolute Gasteiger partial charge is 0.393 e. The summed E-state index contributed by atoms with van der Waals surface area (Å²) in [6.07, 6.45) is 10.4. The van der Waals surface area contributed by atoms with Crippen molar-refractivity contribution in [2.75, 3.05) is 6.54 Å². The first-order valence-corrected chi connectivity index (χ1v) is 13.5. The molecule has 5 N–H and O–H groups in total. The van der Waals surface area contributed by atoms with Gasteiger partial charge in [-0.25, -0.2) is 0 Å². The molecule has 0 bridgehead atoms. The molecule has 0 spiro atoms. The van der Waals surface area contributed by atoms with E-state index >= 15 is 0 Å². The number of aliphatic hydroxyl groups excluding tert-OH is 2. The average Bonchev–Trinajstić information content (AvgIpc) is 2.98. The van der Waals surface area contributed by atoms with Crippen LogP contribution < -0.4 is 11.1 Å². The zero-order chi connectivity index (χ0) is 22.1. The molecule has 2 unspecified atom stereocenters. The minimum Gasteiger partial charge on any atom is -0.393 e. The summed E-state index contributed by atoms with van der Waals surface area (Å²) in [6, 6.07) is 0.538. The van der Waals surface area contributed by atoms with E-state index in [1.165, 1.54) is 44.9 Å². The van der Waals surface area contributed by atoms with E-state index in [1.807, 2.05) is 0 Å². The van der Waals surface area contributed by atoms with Crippen LogP contribution in [-0.2, 0) is 0 Å². The molecule has 4 nitrogen and oxygen atoms in total. The molecular formula is C27H48N2O2. The minimum atomic E-state index is -0.286. The fourth-order valence-electron chi connectivity index (χ4n) is 10.2. The number of aliphatic hydroxyl groups is 2. The second-order valence-corrected chi connectivity index (χ2v) is 13.3. The van der Waals surface area contributed by atoms with Crippen LogP contribution >= 0.6 is 0 Å². The molecule has 1 aliphatic heterocycles. The highest BCUT2D eigenvalue weighted by atomic mass is 16.3. The van der Waals surface area contributed by atoms with Gasteiger partial charge in [-0.05, 0) is 117 Å². The fourth-order valence-corrected chi connectivity index (χ4v) is 10.2. The monoisotopic (exact) mass is 432 g/mol. The molecule has 1 heterocycles. The Labute approximate surface area is 190 Å². The van der Waals surface area contributed by atoms with Gasteiger partial charge in [0.25, 0.3) is 0 Å². The van der Waals surface area contributed by atoms with Gasteiger partial charge in [-0.2, -0.15) is 0 Å². The second-order valence-electron chi connectivity index (χ2n) is 13.3. The van der Waals surface area contributed by atoms with Crippen LogP contribution in [0.3, 0.4) is 0 Å². The van der Waals surface area contributed by atoms with Crippen molar-refractivity contribution in [1.82, 2.24) is 5.32 Å². The van der Waals surface area contributed by atoms with Crippen LogP contribution in [0.1, 0.15) is 85.5 Å². The Bertz CT molecular complexity index is 672. The van der Waals surface area contributed by atoms with Crippen LogP contribution in [-0.4, -0.2) is 41.0 Å². The van der Waals surface area contributed by atoms with Gasteiger partial charge in [-0.3, -0.25) is 0 Å². The van der Waals surface area contributed by atoms with E-state index in [0.717, 1.165) is 37.1 Å². The molecule has 13 atom stereocenters. The van der Waals surface area contributed by atoms with Crippen molar-refractivity contribution in [3.05, 3.63) is 0 Å². The highest BCUT2D eigenvalue weighted by molar-refractivity contribution is 5.13. The van der Waals surface area contributed by atoms with Gasteiger partial charge in [-0.1, -0.05) is 27.7 Å². The zero-order valence-electron chi connectivity index (χ0n) is 20.4. The van der Waals surface area contributed by atoms with Gasteiger partial charge in [0.15, 0.2) is 0 Å². The zero-order valence-corrected chi connectivity index (χ0v) is 20.4. The Morgan fingerprint density at radius 1 is 0.903 bits per heavy atom. The highest BCUT2D eigenvalue weighted by Crippen LogP contribution is 2.68. The number of hydrogen-bond acceptors (Lipinski definition) is 4. The Morgan fingerprint density at radius 3 is 2.39 bits per heavy atom. The van der Waals surface area contributed by atoms with E-state index in [0.29, 0.717) is 35.1 Å². The van der Waals surface area contributed by atoms with Crippen LogP contribution in [0.4, 0.5) is 0 Å². The molecule has 0 aromatic rings. The van der Waals surface area contributed by atoms with Crippen molar-refractivity contribution in [2.24, 2.45) is 58.0 Å². The van der Waals surface area contributed by atoms with Crippen molar-refractivity contribution in [3.63, 3.8) is 0 Å². The molecule has 0 radical (unpaired) electrons. The predicted molar refractivity (Wildman–Crippen MR) is 125 cm³/mol. The van der Waals surface area contributed by atoms with E-state index < -0.39 is 0 Å². The quantitative estimate of drug-likeness (QED) is 0.533. The molecule has 5 rings (SSSR count). The number of nitrogens with one attached hydrogen (secondary N) is 1. The Kier molecular flexibility index (Phi) is 5.81. The molecule has 4 aliphatic carbocycles. The molecule has 0 aromatic carbocycles. The third kappa shape index (κ3) is 3.45. The summed E-state index contributed by atoms with van der Waals surface area (Å²) in [5.74, 6) is 4.18. The van der Waals surface area contributed by atoms with Gasteiger partial charge in [-0.15, -0.1) is 0 Å². The van der Waals surface area contributed by atoms with E-state index in [9.17, 15) is 10.2 Å². The third-order valence-electron chi connectivity index (χ3n) is 11.7. The number of rotatable bonds is 2. The number of nitrogens with two attached hydrogens (primary N) is 1. The molecule has 0 amide bonds. The van der Waals surface area contributed by atoms with Gasteiger partial charge >= 0.3 is 0 Å². The van der Waals surface area contributed by atoms with Crippen LogP contribution in [0.25, 0.3) is 0 Å². The highest BCUT2D eigenvalue weighted by Gasteiger charge is 2.63. The molecule has 4 heteroatoms. The van der Waals surface area contributed by atoms with E-state index in [-0.39, 0.29) is 23.7 Å². The van der Waals surface area contributed by atoms with Crippen LogP contribution in [0.2, 0.25) is 0 Å². The Balaban J connectivity index is 1.38. The maximum atomic E-state index is 11.4. The Morgan fingerprint density at radius 2 is 1.65 bits per heavy atom. The molecule has 1 saturated heterocycles. The number of hydrogen-bond donors (Lipinski definition) is 4. The van der Waals surface area contributed by atoms with Crippen molar-refractivity contribution in [3.8, 4) is 0 Å². The number of piperidine rings is 1. The van der Waals surface area contributed by atoms with Gasteiger partial charge in [0.1, 0.15) is 0 Å². The van der Waals surface area contributed by atoms with Crippen molar-refractivity contribution < 1.29 is 10.2 Å². The maximum Gasteiger partial charge on any atom is 0.0698 e. The summed E-state index contributed by atoms with van der Waals surface area (Å²) >= 11 is 0. The minimum absolute atomic E-state index is 0.122. The lowest BCUT2D eigenvalue weighted by Gasteiger charge is -2.61. The molecule has 178 valence electrons. The lowest BCUT2D eigenvalue weighted by Crippen LogP contribution is -2.57. The van der Waals surface area contributed by atoms with Crippen molar-refractivity contribution in [2.45, 2.75) is 110 Å². The van der Waals surface area contributed by atoms with Gasteiger partial charge in [0.2, 0.25) is 0 Å². The van der Waals surface area contributed by atoms with Crippen molar-refractivity contribution >= 4 is 0 Å². The van der Waals surface area contributed by atoms with E-state index in [4.69, 9.17) is 5.73 Å². The Hall–Kier alpha value is -0.160. The molecule has 0 aromatic heterocycles. The first kappa shape index (κ1) is 22.6. The van der Waals surface area contributed by atoms with Gasteiger partial charge < -0.3 is 21.3 Å². The summed E-state index contributed by atoms with van der Waals surface area (Å²) in [4.78, 5) is 0.